The molecule has 20 heavy (non-hydrogen) atoms. The number of likely N-dealkylation sites (tertiary alicyclic amines) is 1. The van der Waals surface area contributed by atoms with Gasteiger partial charge in [-0.15, -0.1) is 0 Å². The number of halogens is 1. The van der Waals surface area contributed by atoms with Crippen molar-refractivity contribution < 1.29 is 4.79 Å². The molecule has 0 bridgehead atoms. The molecular weight excluding hydrogens is 274 g/mol. The number of hydrogen-bond donors (Lipinski definition) is 2. The van der Waals surface area contributed by atoms with Crippen LogP contribution in [-0.2, 0) is 6.54 Å². The zero-order valence-electron chi connectivity index (χ0n) is 11.7. The zero-order chi connectivity index (χ0) is 14.7. The molecule has 1 aromatic carbocycles. The maximum atomic E-state index is 12.8. The first-order valence-corrected chi connectivity index (χ1v) is 7.27. The summed E-state index contributed by atoms with van der Waals surface area (Å²) in [7, 11) is 0. The van der Waals surface area contributed by atoms with E-state index < -0.39 is 0 Å². The number of nitrogens with zero attached hydrogens (tertiary/aromatic N) is 1. The van der Waals surface area contributed by atoms with E-state index in [4.69, 9.17) is 22.7 Å². The quantitative estimate of drug-likeness (QED) is 0.841. The Labute approximate surface area is 124 Å². The van der Waals surface area contributed by atoms with Crippen LogP contribution in [-0.4, -0.2) is 29.1 Å². The summed E-state index contributed by atoms with van der Waals surface area (Å²) in [5, 5.41) is 8.40. The minimum atomic E-state index is -0.0964. The van der Waals surface area contributed by atoms with E-state index in [0.29, 0.717) is 29.4 Å². The number of hydrogen-bond acceptors (Lipinski definition) is 3. The first kappa shape index (κ1) is 15.0. The summed E-state index contributed by atoms with van der Waals surface area (Å²) in [6.07, 6.45) is 2.90. The monoisotopic (exact) mass is 293 g/mol. The van der Waals surface area contributed by atoms with Crippen LogP contribution < -0.4 is 5.73 Å². The van der Waals surface area contributed by atoms with Crippen molar-refractivity contribution in [3.05, 3.63) is 34.3 Å². The van der Waals surface area contributed by atoms with Gasteiger partial charge in [0.1, 0.15) is 0 Å². The molecule has 1 aromatic rings. The average Bonchev–Trinajstić information content (AvgIpc) is 2.46. The molecule has 0 spiro atoms. The van der Waals surface area contributed by atoms with Gasteiger partial charge in [-0.2, -0.15) is 0 Å². The lowest BCUT2D eigenvalue weighted by molar-refractivity contribution is 0.0678. The molecule has 1 saturated heterocycles. The summed E-state index contributed by atoms with van der Waals surface area (Å²) in [5.74, 6) is -0.0655. The second kappa shape index (κ2) is 6.37. The fraction of sp³-hybridized carbons (Fsp3) is 0.467. The minimum absolute atomic E-state index is 0.0655. The molecule has 1 atom stereocenters. The lowest BCUT2D eigenvalue weighted by Crippen LogP contribution is -2.47. The van der Waals surface area contributed by atoms with Crippen molar-refractivity contribution in [3.8, 4) is 0 Å². The molecular formula is C15H20ClN3O. The highest BCUT2D eigenvalue weighted by atomic mass is 35.5. The van der Waals surface area contributed by atoms with E-state index in [9.17, 15) is 4.79 Å². The van der Waals surface area contributed by atoms with Crippen molar-refractivity contribution in [1.82, 2.24) is 4.90 Å². The predicted molar refractivity (Wildman–Crippen MR) is 81.4 cm³/mol. The van der Waals surface area contributed by atoms with Crippen LogP contribution in [0.5, 0.6) is 0 Å². The number of benzene rings is 1. The van der Waals surface area contributed by atoms with Gasteiger partial charge in [-0.1, -0.05) is 17.7 Å². The topological polar surface area (TPSA) is 70.2 Å². The Morgan fingerprint density at radius 2 is 2.25 bits per heavy atom. The maximum Gasteiger partial charge on any atom is 0.254 e. The average molecular weight is 294 g/mol. The fourth-order valence-corrected chi connectivity index (χ4v) is 2.88. The fourth-order valence-electron chi connectivity index (χ4n) is 2.71. The molecule has 1 aliphatic rings. The first-order valence-electron chi connectivity index (χ1n) is 6.89. The number of rotatable bonds is 3. The Bertz CT molecular complexity index is 530. The first-order chi connectivity index (χ1) is 9.54. The number of piperidine rings is 1. The lowest BCUT2D eigenvalue weighted by Gasteiger charge is -2.35. The maximum absolute atomic E-state index is 12.8. The van der Waals surface area contributed by atoms with Gasteiger partial charge >= 0.3 is 0 Å². The van der Waals surface area contributed by atoms with E-state index in [-0.39, 0.29) is 11.9 Å². The minimum Gasteiger partial charge on any atom is -0.330 e. The molecule has 5 heteroatoms. The van der Waals surface area contributed by atoms with Crippen LogP contribution >= 0.6 is 11.6 Å². The van der Waals surface area contributed by atoms with Crippen molar-refractivity contribution in [3.63, 3.8) is 0 Å². The molecule has 0 aliphatic carbocycles. The van der Waals surface area contributed by atoms with Crippen molar-refractivity contribution in [2.75, 3.05) is 6.54 Å². The Hall–Kier alpha value is -1.39. The summed E-state index contributed by atoms with van der Waals surface area (Å²) in [6.45, 7) is 2.76. The highest BCUT2D eigenvalue weighted by molar-refractivity contribution is 6.31. The van der Waals surface area contributed by atoms with E-state index in [0.717, 1.165) is 24.8 Å². The third kappa shape index (κ3) is 3.02. The van der Waals surface area contributed by atoms with Crippen LogP contribution in [0.1, 0.15) is 42.1 Å². The highest BCUT2D eigenvalue weighted by Crippen LogP contribution is 2.23. The molecule has 1 amide bonds. The van der Waals surface area contributed by atoms with E-state index in [1.807, 2.05) is 0 Å². The smallest absolute Gasteiger partial charge is 0.254 e. The van der Waals surface area contributed by atoms with Crippen LogP contribution in [0.15, 0.2) is 18.2 Å². The summed E-state index contributed by atoms with van der Waals surface area (Å²) < 4.78 is 0. The second-order valence-electron chi connectivity index (χ2n) is 5.20. The number of carbonyl (C=O) groups is 1. The largest absolute Gasteiger partial charge is 0.330 e. The van der Waals surface area contributed by atoms with Crippen molar-refractivity contribution >= 4 is 23.2 Å². The lowest BCUT2D eigenvalue weighted by atomic mass is 9.96. The normalized spacial score (nSPS) is 18.9. The van der Waals surface area contributed by atoms with Crippen molar-refractivity contribution in [2.45, 2.75) is 38.8 Å². The van der Waals surface area contributed by atoms with Gasteiger partial charge in [-0.05, 0) is 43.9 Å². The number of amides is 1. The molecule has 1 heterocycles. The Balaban J connectivity index is 2.34. The standard InChI is InChI=1S/C15H20ClN3O/c1-10(18)14-4-2-3-7-19(14)15(20)13-8-12(16)6-5-11(13)9-17/h5-6,8,14,18H,2-4,7,9,17H2,1H3. The molecule has 1 aliphatic heterocycles. The van der Waals surface area contributed by atoms with E-state index >= 15 is 0 Å². The number of nitrogens with one attached hydrogen (secondary N) is 1. The molecule has 2 rings (SSSR count). The zero-order valence-corrected chi connectivity index (χ0v) is 12.4. The predicted octanol–water partition coefficient (Wildman–Crippen LogP) is 2.83. The summed E-state index contributed by atoms with van der Waals surface area (Å²) in [6, 6.07) is 5.12. The molecule has 4 nitrogen and oxygen atoms in total. The van der Waals surface area contributed by atoms with E-state index in [1.54, 1.807) is 30.0 Å². The number of nitrogens with two attached hydrogens (primary N) is 1. The number of carbonyl (C=O) groups excluding carboxylic acids is 1. The molecule has 0 saturated carbocycles. The highest BCUT2D eigenvalue weighted by Gasteiger charge is 2.29. The van der Waals surface area contributed by atoms with Gasteiger partial charge in [-0.3, -0.25) is 4.79 Å². The summed E-state index contributed by atoms with van der Waals surface area (Å²) in [5.41, 5.74) is 7.60. The molecule has 1 fully saturated rings. The van der Waals surface area contributed by atoms with Crippen molar-refractivity contribution in [2.24, 2.45) is 5.73 Å². The molecule has 0 aromatic heterocycles. The van der Waals surface area contributed by atoms with Gasteiger partial charge in [0.25, 0.3) is 5.91 Å². The SMILES string of the molecule is CC(=N)C1CCCCN1C(=O)c1cc(Cl)ccc1CN. The van der Waals surface area contributed by atoms with E-state index in [1.165, 1.54) is 0 Å². The van der Waals surface area contributed by atoms with Crippen LogP contribution in [0.25, 0.3) is 0 Å². The molecule has 3 N–H and O–H groups in total. The Morgan fingerprint density at radius 3 is 2.90 bits per heavy atom. The van der Waals surface area contributed by atoms with Crippen LogP contribution in [0.3, 0.4) is 0 Å². The van der Waals surface area contributed by atoms with E-state index in [2.05, 4.69) is 0 Å². The third-order valence-corrected chi connectivity index (χ3v) is 4.02. The van der Waals surface area contributed by atoms with Gasteiger partial charge in [0, 0.05) is 29.4 Å². The third-order valence-electron chi connectivity index (χ3n) is 3.79. The van der Waals surface area contributed by atoms with Crippen LogP contribution in [0.2, 0.25) is 5.02 Å². The molecule has 0 radical (unpaired) electrons. The molecule has 1 unspecified atom stereocenters. The van der Waals surface area contributed by atoms with Crippen LogP contribution in [0, 0.1) is 5.41 Å². The van der Waals surface area contributed by atoms with Gasteiger partial charge in [0.15, 0.2) is 0 Å². The Kier molecular flexibility index (Phi) is 4.78. The Morgan fingerprint density at radius 1 is 1.50 bits per heavy atom. The van der Waals surface area contributed by atoms with Gasteiger partial charge in [-0.25, -0.2) is 0 Å². The molecule has 108 valence electrons. The second-order valence-corrected chi connectivity index (χ2v) is 5.64. The van der Waals surface area contributed by atoms with Gasteiger partial charge < -0.3 is 16.0 Å². The van der Waals surface area contributed by atoms with Gasteiger partial charge in [0.2, 0.25) is 0 Å². The summed E-state index contributed by atoms with van der Waals surface area (Å²) in [4.78, 5) is 14.5. The van der Waals surface area contributed by atoms with Gasteiger partial charge in [0.05, 0.1) is 6.04 Å². The van der Waals surface area contributed by atoms with Crippen LogP contribution in [0.4, 0.5) is 0 Å². The van der Waals surface area contributed by atoms with Crippen molar-refractivity contribution in [1.29, 1.82) is 5.41 Å². The summed E-state index contributed by atoms with van der Waals surface area (Å²) >= 11 is 6.00.